The molecule has 4 rings (SSSR count). The zero-order valence-corrected chi connectivity index (χ0v) is 19.4. The van der Waals surface area contributed by atoms with Gasteiger partial charge in [0.15, 0.2) is 5.13 Å². The van der Waals surface area contributed by atoms with E-state index < -0.39 is 0 Å². The lowest BCUT2D eigenvalue weighted by Gasteiger charge is -2.04. The molecule has 1 N–H and O–H groups in total. The average molecular weight is 503 g/mol. The number of hydrogen-bond acceptors (Lipinski definition) is 5. The Labute approximate surface area is 191 Å². The number of benzene rings is 2. The third kappa shape index (κ3) is 4.05. The molecule has 2 aromatic heterocycles. The summed E-state index contributed by atoms with van der Waals surface area (Å²) < 4.78 is 6.31. The zero-order chi connectivity index (χ0) is 21.3. The summed E-state index contributed by atoms with van der Waals surface area (Å²) in [6.45, 7) is 3.77. The third-order valence-corrected chi connectivity index (χ3v) is 6.55. The number of hydrogen-bond donors (Lipinski definition) is 1. The van der Waals surface area contributed by atoms with Crippen LogP contribution in [0.5, 0.6) is 0 Å². The molecule has 0 aliphatic heterocycles. The number of carbonyl (C=O) groups is 1. The largest absolute Gasteiger partial charge is 0.360 e. The molecule has 0 spiro atoms. The number of aromatic nitrogens is 2. The molecule has 0 fully saturated rings. The van der Waals surface area contributed by atoms with Crippen LogP contribution >= 0.6 is 38.9 Å². The number of halogens is 2. The van der Waals surface area contributed by atoms with Crippen molar-refractivity contribution in [2.45, 2.75) is 20.3 Å². The van der Waals surface area contributed by atoms with Crippen LogP contribution in [0, 0.1) is 6.92 Å². The molecule has 30 heavy (non-hydrogen) atoms. The van der Waals surface area contributed by atoms with Crippen molar-refractivity contribution < 1.29 is 9.32 Å². The lowest BCUT2D eigenvalue weighted by molar-refractivity contribution is 0.102. The predicted molar refractivity (Wildman–Crippen MR) is 124 cm³/mol. The number of nitrogens with zero attached hydrogens (tertiary/aromatic N) is 2. The van der Waals surface area contributed by atoms with Crippen molar-refractivity contribution in [1.82, 2.24) is 10.1 Å². The lowest BCUT2D eigenvalue weighted by atomic mass is 10.1. The standard InChI is InChI=1S/C22H17BrClN3O2S/c1-3-17-19(13-8-10-14(23)11-9-13)25-22(30-17)26-21(28)18-12(2)29-27-20(18)15-6-4-5-7-16(15)24/h4-11H,3H2,1-2H3,(H,25,26,28). The van der Waals surface area contributed by atoms with Crippen LogP contribution in [0.3, 0.4) is 0 Å². The van der Waals surface area contributed by atoms with Gasteiger partial charge in [0.2, 0.25) is 0 Å². The molecule has 0 radical (unpaired) electrons. The van der Waals surface area contributed by atoms with E-state index in [-0.39, 0.29) is 5.91 Å². The Morgan fingerprint density at radius 2 is 1.90 bits per heavy atom. The minimum Gasteiger partial charge on any atom is -0.360 e. The van der Waals surface area contributed by atoms with Crippen molar-refractivity contribution >= 4 is 49.9 Å². The Morgan fingerprint density at radius 3 is 2.60 bits per heavy atom. The van der Waals surface area contributed by atoms with Crippen molar-refractivity contribution in [1.29, 1.82) is 0 Å². The molecule has 0 unspecified atom stereocenters. The fourth-order valence-electron chi connectivity index (χ4n) is 3.11. The van der Waals surface area contributed by atoms with E-state index in [1.54, 1.807) is 19.1 Å². The van der Waals surface area contributed by atoms with Gasteiger partial charge >= 0.3 is 0 Å². The van der Waals surface area contributed by atoms with Gasteiger partial charge in [-0.25, -0.2) is 4.98 Å². The van der Waals surface area contributed by atoms with Gasteiger partial charge in [0.05, 0.1) is 10.7 Å². The van der Waals surface area contributed by atoms with Crippen molar-refractivity contribution in [3.8, 4) is 22.5 Å². The minimum absolute atomic E-state index is 0.331. The molecule has 0 aliphatic carbocycles. The average Bonchev–Trinajstić information content (AvgIpc) is 3.32. The summed E-state index contributed by atoms with van der Waals surface area (Å²) in [5, 5.41) is 8.00. The molecule has 0 saturated carbocycles. The van der Waals surface area contributed by atoms with Crippen LogP contribution in [0.15, 0.2) is 57.5 Å². The van der Waals surface area contributed by atoms with E-state index in [9.17, 15) is 4.79 Å². The quantitative estimate of drug-likeness (QED) is 0.319. The van der Waals surface area contributed by atoms with Crippen molar-refractivity contribution in [3.63, 3.8) is 0 Å². The molecular formula is C22H17BrClN3O2S. The number of nitrogens with one attached hydrogen (secondary N) is 1. The topological polar surface area (TPSA) is 68.0 Å². The highest BCUT2D eigenvalue weighted by Crippen LogP contribution is 2.34. The van der Waals surface area contributed by atoms with Gasteiger partial charge in [-0.1, -0.05) is 69.9 Å². The number of aryl methyl sites for hydroxylation is 2. The van der Waals surface area contributed by atoms with E-state index in [1.807, 2.05) is 36.4 Å². The van der Waals surface area contributed by atoms with Gasteiger partial charge < -0.3 is 4.52 Å². The molecule has 152 valence electrons. The molecule has 0 bridgehead atoms. The fraction of sp³-hybridized carbons (Fsp3) is 0.136. The van der Waals surface area contributed by atoms with E-state index >= 15 is 0 Å². The summed E-state index contributed by atoms with van der Waals surface area (Å²) in [7, 11) is 0. The first-order valence-electron chi connectivity index (χ1n) is 9.26. The highest BCUT2D eigenvalue weighted by molar-refractivity contribution is 9.10. The second-order valence-corrected chi connectivity index (χ2v) is 8.95. The third-order valence-electron chi connectivity index (χ3n) is 4.58. The van der Waals surface area contributed by atoms with Gasteiger partial charge in [-0.05, 0) is 31.5 Å². The first kappa shape index (κ1) is 20.8. The van der Waals surface area contributed by atoms with Crippen molar-refractivity contribution in [2.24, 2.45) is 0 Å². The van der Waals surface area contributed by atoms with E-state index in [0.29, 0.717) is 32.7 Å². The highest BCUT2D eigenvalue weighted by Gasteiger charge is 2.24. The molecule has 2 heterocycles. The second kappa shape index (κ2) is 8.71. The number of carbonyl (C=O) groups excluding carboxylic acids is 1. The predicted octanol–water partition coefficient (Wildman–Crippen LogP) is 7.00. The van der Waals surface area contributed by atoms with Gasteiger partial charge in [-0.15, -0.1) is 11.3 Å². The van der Waals surface area contributed by atoms with Crippen LogP contribution in [-0.4, -0.2) is 16.0 Å². The maximum Gasteiger partial charge on any atom is 0.263 e. The second-order valence-electron chi connectivity index (χ2n) is 6.55. The number of thiazole rings is 1. The Bertz CT molecular complexity index is 1220. The van der Waals surface area contributed by atoms with Gasteiger partial charge in [0.1, 0.15) is 17.0 Å². The summed E-state index contributed by atoms with van der Waals surface area (Å²) in [6.07, 6.45) is 0.816. The molecule has 4 aromatic rings. The summed E-state index contributed by atoms with van der Waals surface area (Å²) in [4.78, 5) is 18.9. The number of amides is 1. The lowest BCUT2D eigenvalue weighted by Crippen LogP contribution is -2.13. The zero-order valence-electron chi connectivity index (χ0n) is 16.2. The maximum atomic E-state index is 13.1. The van der Waals surface area contributed by atoms with Crippen molar-refractivity contribution in [2.75, 3.05) is 5.32 Å². The van der Waals surface area contributed by atoms with Crippen LogP contribution in [0.25, 0.3) is 22.5 Å². The molecule has 8 heteroatoms. The van der Waals surface area contributed by atoms with Crippen LogP contribution in [0.4, 0.5) is 5.13 Å². The molecule has 0 saturated heterocycles. The molecule has 2 aromatic carbocycles. The van der Waals surface area contributed by atoms with Gasteiger partial charge in [-0.2, -0.15) is 0 Å². The van der Waals surface area contributed by atoms with Crippen LogP contribution in [0.2, 0.25) is 5.02 Å². The monoisotopic (exact) mass is 501 g/mol. The first-order valence-corrected chi connectivity index (χ1v) is 11.2. The fourth-order valence-corrected chi connectivity index (χ4v) is 4.52. The summed E-state index contributed by atoms with van der Waals surface area (Å²) in [5.74, 6) is 0.0882. The Morgan fingerprint density at radius 1 is 1.17 bits per heavy atom. The normalized spacial score (nSPS) is 10.9. The Hall–Kier alpha value is -2.48. The van der Waals surface area contributed by atoms with Crippen LogP contribution < -0.4 is 5.32 Å². The van der Waals surface area contributed by atoms with E-state index in [2.05, 4.69) is 38.3 Å². The van der Waals surface area contributed by atoms with Crippen LogP contribution in [0.1, 0.15) is 27.9 Å². The van der Waals surface area contributed by atoms with E-state index in [1.165, 1.54) is 11.3 Å². The molecular weight excluding hydrogens is 486 g/mol. The SMILES string of the molecule is CCc1sc(NC(=O)c2c(-c3ccccc3Cl)noc2C)nc1-c1ccc(Br)cc1. The highest BCUT2D eigenvalue weighted by atomic mass is 79.9. The molecule has 1 amide bonds. The van der Waals surface area contributed by atoms with Gasteiger partial charge in [-0.3, -0.25) is 10.1 Å². The number of rotatable bonds is 5. The summed E-state index contributed by atoms with van der Waals surface area (Å²) in [6, 6.07) is 15.2. The summed E-state index contributed by atoms with van der Waals surface area (Å²) in [5.41, 5.74) is 3.28. The smallest absolute Gasteiger partial charge is 0.263 e. The Balaban J connectivity index is 1.67. The molecule has 5 nitrogen and oxygen atoms in total. The Kier molecular flexibility index (Phi) is 6.04. The van der Waals surface area contributed by atoms with Crippen LogP contribution in [-0.2, 0) is 6.42 Å². The molecule has 0 atom stereocenters. The maximum absolute atomic E-state index is 13.1. The minimum atomic E-state index is -0.331. The van der Waals surface area contributed by atoms with E-state index in [4.69, 9.17) is 16.1 Å². The van der Waals surface area contributed by atoms with Crippen molar-refractivity contribution in [3.05, 3.63) is 74.2 Å². The summed E-state index contributed by atoms with van der Waals surface area (Å²) >= 11 is 11.2. The molecule has 0 aliphatic rings. The van der Waals surface area contributed by atoms with Gasteiger partial charge in [0.25, 0.3) is 5.91 Å². The van der Waals surface area contributed by atoms with E-state index in [0.717, 1.165) is 27.0 Å². The number of anilines is 1. The first-order chi connectivity index (χ1) is 14.5. The van der Waals surface area contributed by atoms with Gasteiger partial charge in [0, 0.05) is 20.5 Å².